The van der Waals surface area contributed by atoms with Crippen LogP contribution < -0.4 is 15.1 Å². The first kappa shape index (κ1) is 17.3. The maximum Gasteiger partial charge on any atom is 0.336 e. The van der Waals surface area contributed by atoms with E-state index in [0.29, 0.717) is 17.1 Å². The van der Waals surface area contributed by atoms with E-state index in [1.54, 1.807) is 12.1 Å². The van der Waals surface area contributed by atoms with Gasteiger partial charge in [-0.2, -0.15) is 0 Å². The molecule has 1 aromatic heterocycles. The summed E-state index contributed by atoms with van der Waals surface area (Å²) in [5.74, 6) is 1.33. The van der Waals surface area contributed by atoms with Crippen LogP contribution in [-0.2, 0) is 13.1 Å². The van der Waals surface area contributed by atoms with Gasteiger partial charge in [-0.1, -0.05) is 30.3 Å². The van der Waals surface area contributed by atoms with Crippen molar-refractivity contribution in [3.63, 3.8) is 0 Å². The molecule has 144 valence electrons. The normalized spacial score (nSPS) is 17.3. The Bertz CT molecular complexity index is 1040. The summed E-state index contributed by atoms with van der Waals surface area (Å²) in [6.45, 7) is 5.88. The molecular weight excluding hydrogens is 356 g/mol. The van der Waals surface area contributed by atoms with Gasteiger partial charge in [-0.05, 0) is 17.2 Å². The Morgan fingerprint density at radius 3 is 2.25 bits per heavy atom. The van der Waals surface area contributed by atoms with Gasteiger partial charge >= 0.3 is 5.63 Å². The Labute approximate surface area is 162 Å². The minimum absolute atomic E-state index is 0.203. The second-order valence-electron chi connectivity index (χ2n) is 7.33. The molecule has 2 aliphatic rings. The molecule has 0 unspecified atom stereocenters. The van der Waals surface area contributed by atoms with E-state index in [1.165, 1.54) is 5.56 Å². The molecule has 2 aliphatic heterocycles. The molecule has 6 nitrogen and oxygen atoms in total. The standard InChI is InChI=1S/C22H22N2O4/c25-22-10-17(18-11-20-21(27-15-26-20)12-19(18)28-22)14-24-8-6-23(7-9-24)13-16-4-2-1-3-5-16/h1-5,10-12H,6-9,13-15H2. The fourth-order valence-electron chi connectivity index (χ4n) is 3.94. The van der Waals surface area contributed by atoms with E-state index < -0.39 is 0 Å². The van der Waals surface area contributed by atoms with E-state index in [4.69, 9.17) is 13.9 Å². The molecule has 0 spiro atoms. The first-order valence-electron chi connectivity index (χ1n) is 9.60. The predicted molar refractivity (Wildman–Crippen MR) is 106 cm³/mol. The summed E-state index contributed by atoms with van der Waals surface area (Å²) in [6, 6.07) is 15.8. The van der Waals surface area contributed by atoms with Crippen molar-refractivity contribution in [1.29, 1.82) is 0 Å². The molecule has 0 aliphatic carbocycles. The molecule has 0 bridgehead atoms. The molecule has 2 aromatic carbocycles. The van der Waals surface area contributed by atoms with Crippen LogP contribution in [0.3, 0.4) is 0 Å². The highest BCUT2D eigenvalue weighted by molar-refractivity contribution is 5.84. The van der Waals surface area contributed by atoms with E-state index in [9.17, 15) is 4.79 Å². The SMILES string of the molecule is O=c1cc(CN2CCN(Cc3ccccc3)CC2)c2cc3c(cc2o1)OCO3. The zero-order valence-corrected chi connectivity index (χ0v) is 15.6. The van der Waals surface area contributed by atoms with Gasteiger partial charge in [-0.15, -0.1) is 0 Å². The molecule has 1 saturated heterocycles. The summed E-state index contributed by atoms with van der Waals surface area (Å²) < 4.78 is 16.3. The summed E-state index contributed by atoms with van der Waals surface area (Å²) in [5.41, 5.74) is 2.54. The monoisotopic (exact) mass is 378 g/mol. The van der Waals surface area contributed by atoms with Crippen LogP contribution in [0.15, 0.2) is 57.7 Å². The van der Waals surface area contributed by atoms with Crippen LogP contribution >= 0.6 is 0 Å². The summed E-state index contributed by atoms with van der Waals surface area (Å²) in [7, 11) is 0. The Kier molecular flexibility index (Phi) is 4.50. The zero-order chi connectivity index (χ0) is 18.9. The quantitative estimate of drug-likeness (QED) is 0.651. The van der Waals surface area contributed by atoms with Crippen molar-refractivity contribution >= 4 is 11.0 Å². The molecule has 3 aromatic rings. The fourth-order valence-corrected chi connectivity index (χ4v) is 3.94. The number of piperazine rings is 1. The number of hydrogen-bond acceptors (Lipinski definition) is 6. The minimum atomic E-state index is -0.330. The van der Waals surface area contributed by atoms with Crippen LogP contribution in [0.2, 0.25) is 0 Å². The van der Waals surface area contributed by atoms with Crippen LogP contribution in [0.4, 0.5) is 0 Å². The zero-order valence-electron chi connectivity index (χ0n) is 15.6. The molecule has 0 atom stereocenters. The lowest BCUT2D eigenvalue weighted by Crippen LogP contribution is -2.45. The largest absolute Gasteiger partial charge is 0.454 e. The molecule has 28 heavy (non-hydrogen) atoms. The van der Waals surface area contributed by atoms with E-state index in [-0.39, 0.29) is 12.4 Å². The van der Waals surface area contributed by atoms with Gasteiger partial charge in [0.15, 0.2) is 11.5 Å². The van der Waals surface area contributed by atoms with Crippen molar-refractivity contribution in [3.8, 4) is 11.5 Å². The number of rotatable bonds is 4. The van der Waals surface area contributed by atoms with E-state index in [2.05, 4.69) is 40.1 Å². The van der Waals surface area contributed by atoms with Gasteiger partial charge in [-0.3, -0.25) is 9.80 Å². The highest BCUT2D eigenvalue weighted by Crippen LogP contribution is 2.36. The van der Waals surface area contributed by atoms with Crippen LogP contribution in [0.25, 0.3) is 11.0 Å². The van der Waals surface area contributed by atoms with Crippen molar-refractivity contribution in [3.05, 3.63) is 70.1 Å². The molecule has 0 saturated carbocycles. The smallest absolute Gasteiger partial charge is 0.336 e. The average molecular weight is 378 g/mol. The highest BCUT2D eigenvalue weighted by Gasteiger charge is 2.21. The summed E-state index contributed by atoms with van der Waals surface area (Å²) in [5, 5.41) is 0.913. The Hall–Kier alpha value is -2.83. The lowest BCUT2D eigenvalue weighted by Gasteiger charge is -2.34. The van der Waals surface area contributed by atoms with Gasteiger partial charge < -0.3 is 13.9 Å². The second kappa shape index (κ2) is 7.30. The van der Waals surface area contributed by atoms with E-state index in [0.717, 1.165) is 50.2 Å². The number of ether oxygens (including phenoxy) is 2. The highest BCUT2D eigenvalue weighted by atomic mass is 16.7. The lowest BCUT2D eigenvalue weighted by molar-refractivity contribution is 0.122. The molecule has 0 amide bonds. The number of benzene rings is 2. The Morgan fingerprint density at radius 2 is 1.50 bits per heavy atom. The second-order valence-corrected chi connectivity index (χ2v) is 7.33. The van der Waals surface area contributed by atoms with Crippen LogP contribution in [0, 0.1) is 0 Å². The molecule has 0 radical (unpaired) electrons. The van der Waals surface area contributed by atoms with E-state index in [1.807, 2.05) is 6.07 Å². The Balaban J connectivity index is 1.30. The minimum Gasteiger partial charge on any atom is -0.454 e. The maximum absolute atomic E-state index is 12.0. The van der Waals surface area contributed by atoms with Crippen molar-refractivity contribution < 1.29 is 13.9 Å². The first-order chi connectivity index (χ1) is 13.7. The first-order valence-corrected chi connectivity index (χ1v) is 9.60. The molecule has 3 heterocycles. The van der Waals surface area contributed by atoms with Gasteiger partial charge in [0, 0.05) is 56.8 Å². The van der Waals surface area contributed by atoms with Gasteiger partial charge in [0.1, 0.15) is 5.58 Å². The van der Waals surface area contributed by atoms with E-state index >= 15 is 0 Å². The Morgan fingerprint density at radius 1 is 0.821 bits per heavy atom. The third-order valence-electron chi connectivity index (χ3n) is 5.43. The molecule has 1 fully saturated rings. The van der Waals surface area contributed by atoms with Crippen molar-refractivity contribution in [2.75, 3.05) is 33.0 Å². The van der Waals surface area contributed by atoms with Crippen LogP contribution in [-0.4, -0.2) is 42.8 Å². The molecule has 5 rings (SSSR count). The summed E-state index contributed by atoms with van der Waals surface area (Å²) in [6.07, 6.45) is 0. The van der Waals surface area contributed by atoms with Gasteiger partial charge in [0.2, 0.25) is 6.79 Å². The third kappa shape index (κ3) is 3.48. The molecule has 0 N–H and O–H groups in total. The lowest BCUT2D eigenvalue weighted by atomic mass is 10.1. The predicted octanol–water partition coefficient (Wildman–Crippen LogP) is 2.84. The summed E-state index contributed by atoms with van der Waals surface area (Å²) in [4.78, 5) is 16.9. The van der Waals surface area contributed by atoms with Crippen molar-refractivity contribution in [2.24, 2.45) is 0 Å². The number of nitrogens with zero attached hydrogens (tertiary/aromatic N) is 2. The number of fused-ring (bicyclic) bond motifs is 2. The van der Waals surface area contributed by atoms with Crippen LogP contribution in [0.5, 0.6) is 11.5 Å². The molecular formula is C22H22N2O4. The van der Waals surface area contributed by atoms with Gasteiger partial charge in [0.25, 0.3) is 0 Å². The average Bonchev–Trinajstić information content (AvgIpc) is 3.16. The molecule has 6 heteroatoms. The maximum atomic E-state index is 12.0. The topological polar surface area (TPSA) is 55.2 Å². The van der Waals surface area contributed by atoms with Crippen molar-refractivity contribution in [1.82, 2.24) is 9.80 Å². The van der Waals surface area contributed by atoms with Gasteiger partial charge in [-0.25, -0.2) is 4.79 Å². The van der Waals surface area contributed by atoms with Crippen LogP contribution in [0.1, 0.15) is 11.1 Å². The third-order valence-corrected chi connectivity index (χ3v) is 5.43. The fraction of sp³-hybridized carbons (Fsp3) is 0.318. The van der Waals surface area contributed by atoms with Crippen molar-refractivity contribution in [2.45, 2.75) is 13.1 Å². The summed E-state index contributed by atoms with van der Waals surface area (Å²) >= 11 is 0. The van der Waals surface area contributed by atoms with Gasteiger partial charge in [0.05, 0.1) is 0 Å². The number of hydrogen-bond donors (Lipinski definition) is 0.